The first-order valence-electron chi connectivity index (χ1n) is 11.2. The van der Waals surface area contributed by atoms with Crippen LogP contribution < -0.4 is 0 Å². The summed E-state index contributed by atoms with van der Waals surface area (Å²) in [5, 5.41) is 10.8. The normalized spacial score (nSPS) is 29.4. The topological polar surface area (TPSA) is 66.4 Å². The standard InChI is InChI=1S/C27H28O6/c28-26-25(30-17-20-12-6-2-7-13-20)24(29-16-19-10-4-1-5-11-19)23-22(32-26)18-31-27(33-23)21-14-8-3-9-15-21/h1-15,22-28H,16-18H2/t22-,23-,24+,25+,26?,27+/m1/s1. The molecule has 1 N–H and O–H groups in total. The Bertz CT molecular complexity index is 983. The lowest BCUT2D eigenvalue weighted by Crippen LogP contribution is -2.63. The molecule has 6 heteroatoms. The van der Waals surface area contributed by atoms with Gasteiger partial charge < -0.3 is 28.8 Å². The van der Waals surface area contributed by atoms with Crippen LogP contribution in [0.5, 0.6) is 0 Å². The highest BCUT2D eigenvalue weighted by Gasteiger charge is 2.51. The molecule has 3 aromatic rings. The van der Waals surface area contributed by atoms with Gasteiger partial charge in [0.25, 0.3) is 0 Å². The average Bonchev–Trinajstić information content (AvgIpc) is 2.88. The molecule has 2 aliphatic heterocycles. The van der Waals surface area contributed by atoms with Gasteiger partial charge in [0, 0.05) is 5.56 Å². The summed E-state index contributed by atoms with van der Waals surface area (Å²) >= 11 is 0. The molecule has 0 radical (unpaired) electrons. The maximum absolute atomic E-state index is 10.8. The van der Waals surface area contributed by atoms with E-state index in [1.54, 1.807) is 0 Å². The molecule has 0 bridgehead atoms. The number of benzene rings is 3. The average molecular weight is 449 g/mol. The molecule has 33 heavy (non-hydrogen) atoms. The van der Waals surface area contributed by atoms with E-state index in [1.165, 1.54) is 0 Å². The Balaban J connectivity index is 1.36. The quantitative estimate of drug-likeness (QED) is 0.590. The summed E-state index contributed by atoms with van der Waals surface area (Å²) in [7, 11) is 0. The van der Waals surface area contributed by atoms with E-state index in [4.69, 9.17) is 23.7 Å². The van der Waals surface area contributed by atoms with E-state index in [9.17, 15) is 5.11 Å². The van der Waals surface area contributed by atoms with E-state index in [2.05, 4.69) is 0 Å². The summed E-state index contributed by atoms with van der Waals surface area (Å²) < 4.78 is 30.6. The first-order chi connectivity index (χ1) is 16.3. The third kappa shape index (κ3) is 5.33. The molecule has 0 aromatic heterocycles. The lowest BCUT2D eigenvalue weighted by Gasteiger charge is -2.47. The summed E-state index contributed by atoms with van der Waals surface area (Å²) in [6.07, 6.45) is -3.88. The van der Waals surface area contributed by atoms with E-state index in [0.717, 1.165) is 16.7 Å². The number of ether oxygens (including phenoxy) is 5. The third-order valence-electron chi connectivity index (χ3n) is 5.94. The number of rotatable bonds is 7. The summed E-state index contributed by atoms with van der Waals surface area (Å²) in [5.74, 6) is 0. The van der Waals surface area contributed by atoms with Gasteiger partial charge in [0.1, 0.15) is 24.4 Å². The van der Waals surface area contributed by atoms with Crippen LogP contribution in [0.2, 0.25) is 0 Å². The molecule has 5 rings (SSSR count). The van der Waals surface area contributed by atoms with E-state index in [0.29, 0.717) is 13.2 Å². The summed E-state index contributed by atoms with van der Waals surface area (Å²) in [6, 6.07) is 29.5. The molecule has 6 atom stereocenters. The van der Waals surface area contributed by atoms with Crippen LogP contribution in [0.3, 0.4) is 0 Å². The first-order valence-corrected chi connectivity index (χ1v) is 11.2. The molecule has 2 fully saturated rings. The molecule has 3 aromatic carbocycles. The van der Waals surface area contributed by atoms with Crippen molar-refractivity contribution in [3.63, 3.8) is 0 Å². The smallest absolute Gasteiger partial charge is 0.184 e. The van der Waals surface area contributed by atoms with Gasteiger partial charge in [0.15, 0.2) is 12.6 Å². The van der Waals surface area contributed by atoms with Crippen LogP contribution in [0, 0.1) is 0 Å². The summed E-state index contributed by atoms with van der Waals surface area (Å²) in [5.41, 5.74) is 2.96. The van der Waals surface area contributed by atoms with Gasteiger partial charge in [-0.25, -0.2) is 0 Å². The maximum atomic E-state index is 10.8. The van der Waals surface area contributed by atoms with Gasteiger partial charge in [-0.3, -0.25) is 0 Å². The van der Waals surface area contributed by atoms with Crippen LogP contribution in [-0.2, 0) is 36.9 Å². The largest absolute Gasteiger partial charge is 0.368 e. The van der Waals surface area contributed by atoms with Crippen molar-refractivity contribution < 1.29 is 28.8 Å². The zero-order chi connectivity index (χ0) is 22.5. The number of hydrogen-bond donors (Lipinski definition) is 1. The van der Waals surface area contributed by atoms with E-state index in [-0.39, 0.29) is 6.61 Å². The van der Waals surface area contributed by atoms with Crippen molar-refractivity contribution in [3.05, 3.63) is 108 Å². The van der Waals surface area contributed by atoms with E-state index >= 15 is 0 Å². The molecular weight excluding hydrogens is 420 g/mol. The maximum Gasteiger partial charge on any atom is 0.184 e. The van der Waals surface area contributed by atoms with Gasteiger partial charge >= 0.3 is 0 Å². The van der Waals surface area contributed by atoms with E-state index < -0.39 is 37.0 Å². The van der Waals surface area contributed by atoms with Crippen molar-refractivity contribution in [2.24, 2.45) is 0 Å². The van der Waals surface area contributed by atoms with Crippen LogP contribution in [-0.4, -0.2) is 42.4 Å². The van der Waals surface area contributed by atoms with Crippen LogP contribution >= 0.6 is 0 Å². The SMILES string of the molecule is OC1O[C@@H]2CO[C@H](c3ccccc3)O[C@H]2[C@H](OCc2ccccc2)[C@@H]1OCc1ccccc1. The lowest BCUT2D eigenvalue weighted by atomic mass is 9.97. The predicted molar refractivity (Wildman–Crippen MR) is 121 cm³/mol. The third-order valence-corrected chi connectivity index (χ3v) is 5.94. The molecule has 0 spiro atoms. The zero-order valence-corrected chi connectivity index (χ0v) is 18.2. The van der Waals surface area contributed by atoms with Crippen molar-refractivity contribution in [2.75, 3.05) is 6.61 Å². The van der Waals surface area contributed by atoms with E-state index in [1.807, 2.05) is 91.0 Å². The van der Waals surface area contributed by atoms with Crippen LogP contribution in [0.4, 0.5) is 0 Å². The molecule has 1 unspecified atom stereocenters. The fourth-order valence-corrected chi connectivity index (χ4v) is 4.24. The molecule has 2 aliphatic rings. The number of hydrogen-bond acceptors (Lipinski definition) is 6. The minimum absolute atomic E-state index is 0.290. The summed E-state index contributed by atoms with van der Waals surface area (Å²) in [6.45, 7) is 0.984. The number of aliphatic hydroxyl groups excluding tert-OH is 1. The highest BCUT2D eigenvalue weighted by atomic mass is 16.7. The van der Waals surface area contributed by atoms with Gasteiger partial charge in [0.2, 0.25) is 0 Å². The van der Waals surface area contributed by atoms with Crippen LogP contribution in [0.15, 0.2) is 91.0 Å². The minimum atomic E-state index is -1.16. The van der Waals surface area contributed by atoms with Gasteiger partial charge in [0.05, 0.1) is 19.8 Å². The Morgan fingerprint density at radius 1 is 0.697 bits per heavy atom. The molecule has 172 valence electrons. The van der Waals surface area contributed by atoms with Crippen LogP contribution in [0.1, 0.15) is 23.0 Å². The highest BCUT2D eigenvalue weighted by Crippen LogP contribution is 2.36. The molecule has 2 saturated heterocycles. The predicted octanol–water partition coefficient (Wildman–Crippen LogP) is 3.99. The van der Waals surface area contributed by atoms with Crippen molar-refractivity contribution in [1.29, 1.82) is 0 Å². The van der Waals surface area contributed by atoms with Crippen molar-refractivity contribution >= 4 is 0 Å². The molecule has 0 amide bonds. The molecular formula is C27H28O6. The highest BCUT2D eigenvalue weighted by molar-refractivity contribution is 5.17. The van der Waals surface area contributed by atoms with Gasteiger partial charge in [-0.15, -0.1) is 0 Å². The molecule has 6 nitrogen and oxygen atoms in total. The van der Waals surface area contributed by atoms with Gasteiger partial charge in [-0.2, -0.15) is 0 Å². The van der Waals surface area contributed by atoms with Crippen molar-refractivity contribution in [2.45, 2.75) is 50.2 Å². The Morgan fingerprint density at radius 3 is 1.85 bits per heavy atom. The second-order valence-electron chi connectivity index (χ2n) is 8.26. The second kappa shape index (κ2) is 10.6. The van der Waals surface area contributed by atoms with Crippen LogP contribution in [0.25, 0.3) is 0 Å². The monoisotopic (exact) mass is 448 g/mol. The minimum Gasteiger partial charge on any atom is -0.368 e. The zero-order valence-electron chi connectivity index (χ0n) is 18.2. The van der Waals surface area contributed by atoms with Crippen molar-refractivity contribution in [1.82, 2.24) is 0 Å². The van der Waals surface area contributed by atoms with Gasteiger partial charge in [-0.1, -0.05) is 91.0 Å². The van der Waals surface area contributed by atoms with Crippen molar-refractivity contribution in [3.8, 4) is 0 Å². The molecule has 0 aliphatic carbocycles. The Hall–Kier alpha value is -2.58. The fraction of sp³-hybridized carbons (Fsp3) is 0.333. The van der Waals surface area contributed by atoms with Gasteiger partial charge in [-0.05, 0) is 11.1 Å². The Kier molecular flexibility index (Phi) is 7.12. The Labute approximate surface area is 193 Å². The Morgan fingerprint density at radius 2 is 1.24 bits per heavy atom. The lowest BCUT2D eigenvalue weighted by molar-refractivity contribution is -0.366. The number of fused-ring (bicyclic) bond motifs is 1. The number of aliphatic hydroxyl groups is 1. The molecule has 2 heterocycles. The fourth-order valence-electron chi connectivity index (χ4n) is 4.24. The summed E-state index contributed by atoms with van der Waals surface area (Å²) in [4.78, 5) is 0. The molecule has 0 saturated carbocycles. The second-order valence-corrected chi connectivity index (χ2v) is 8.26. The first kappa shape index (κ1) is 22.2.